The van der Waals surface area contributed by atoms with E-state index in [0.29, 0.717) is 22.0 Å². The third-order valence-corrected chi connectivity index (χ3v) is 5.35. The molecule has 3 N–H and O–H groups in total. The van der Waals surface area contributed by atoms with Crippen LogP contribution in [0.25, 0.3) is 11.4 Å². The molecule has 0 saturated heterocycles. The predicted octanol–water partition coefficient (Wildman–Crippen LogP) is 3.50. The number of aryl methyl sites for hydroxylation is 1. The molecule has 146 valence electrons. The van der Waals surface area contributed by atoms with Crippen LogP contribution in [0, 0.1) is 6.92 Å². The van der Waals surface area contributed by atoms with Crippen molar-refractivity contribution in [2.45, 2.75) is 6.92 Å². The van der Waals surface area contributed by atoms with Gasteiger partial charge in [0.1, 0.15) is 0 Å². The molecule has 28 heavy (non-hydrogen) atoms. The first-order valence-corrected chi connectivity index (χ1v) is 10.9. The molecule has 0 aliphatic carbocycles. The second kappa shape index (κ2) is 7.74. The van der Waals surface area contributed by atoms with Crippen LogP contribution in [0.2, 0.25) is 5.02 Å². The number of nitrogens with one attached hydrogen (secondary N) is 2. The summed E-state index contributed by atoms with van der Waals surface area (Å²) in [5.41, 5.74) is 1.27. The second-order valence-electron chi connectivity index (χ2n) is 5.90. The third-order valence-electron chi connectivity index (χ3n) is 3.48. The van der Waals surface area contributed by atoms with Crippen molar-refractivity contribution in [2.24, 2.45) is 0 Å². The van der Waals surface area contributed by atoms with E-state index in [1.165, 1.54) is 41.9 Å². The Morgan fingerprint density at radius 3 is 2.43 bits per heavy atom. The fourth-order valence-electron chi connectivity index (χ4n) is 2.40. The van der Waals surface area contributed by atoms with Gasteiger partial charge in [-0.2, -0.15) is 0 Å². The molecule has 1 amide bonds. The van der Waals surface area contributed by atoms with Gasteiger partial charge in [-0.1, -0.05) is 11.6 Å². The SMILES string of the molecule is Cc1sc(C(=O)Nc2cc(Cl)cc(NS(C)(=O)=O)c2)cc1-c1ncc(O)cn1. The summed E-state index contributed by atoms with van der Waals surface area (Å²) in [5, 5.41) is 12.3. The minimum Gasteiger partial charge on any atom is -0.505 e. The van der Waals surface area contributed by atoms with Gasteiger partial charge in [-0.25, -0.2) is 18.4 Å². The molecule has 8 nitrogen and oxygen atoms in total. The van der Waals surface area contributed by atoms with Crippen LogP contribution in [-0.2, 0) is 10.0 Å². The molecule has 2 aromatic heterocycles. The molecule has 0 aliphatic heterocycles. The van der Waals surface area contributed by atoms with Gasteiger partial charge >= 0.3 is 0 Å². The Balaban J connectivity index is 1.84. The Hall–Kier alpha value is -2.69. The van der Waals surface area contributed by atoms with Crippen LogP contribution >= 0.6 is 22.9 Å². The van der Waals surface area contributed by atoms with Crippen molar-refractivity contribution in [1.82, 2.24) is 9.97 Å². The van der Waals surface area contributed by atoms with Gasteiger partial charge < -0.3 is 10.4 Å². The number of aromatic hydroxyl groups is 1. The number of hydrogen-bond donors (Lipinski definition) is 3. The number of halogens is 1. The normalized spacial score (nSPS) is 11.2. The highest BCUT2D eigenvalue weighted by Gasteiger charge is 2.16. The zero-order valence-electron chi connectivity index (χ0n) is 14.7. The molecule has 0 saturated carbocycles. The number of hydrogen-bond acceptors (Lipinski definition) is 7. The van der Waals surface area contributed by atoms with Gasteiger partial charge in [0.05, 0.1) is 29.2 Å². The largest absolute Gasteiger partial charge is 0.505 e. The average Bonchev–Trinajstić information content (AvgIpc) is 2.95. The van der Waals surface area contributed by atoms with Crippen LogP contribution in [0.3, 0.4) is 0 Å². The van der Waals surface area contributed by atoms with Crippen molar-refractivity contribution < 1.29 is 18.3 Å². The Kier molecular flexibility index (Phi) is 5.54. The second-order valence-corrected chi connectivity index (χ2v) is 9.34. The van der Waals surface area contributed by atoms with E-state index in [2.05, 4.69) is 20.0 Å². The average molecular weight is 439 g/mol. The van der Waals surface area contributed by atoms with E-state index in [0.717, 1.165) is 11.1 Å². The molecule has 0 atom stereocenters. The summed E-state index contributed by atoms with van der Waals surface area (Å²) in [6.45, 7) is 1.83. The van der Waals surface area contributed by atoms with Gasteiger partial charge in [-0.15, -0.1) is 11.3 Å². The number of benzene rings is 1. The first kappa shape index (κ1) is 20.1. The maximum Gasteiger partial charge on any atom is 0.265 e. The first-order chi connectivity index (χ1) is 13.1. The topological polar surface area (TPSA) is 121 Å². The molecule has 0 unspecified atom stereocenters. The Morgan fingerprint density at radius 2 is 1.79 bits per heavy atom. The molecule has 0 bridgehead atoms. The van der Waals surface area contributed by atoms with E-state index in [4.69, 9.17) is 11.6 Å². The predicted molar refractivity (Wildman–Crippen MR) is 110 cm³/mol. The van der Waals surface area contributed by atoms with E-state index < -0.39 is 10.0 Å². The highest BCUT2D eigenvalue weighted by atomic mass is 35.5. The summed E-state index contributed by atoms with van der Waals surface area (Å²) in [7, 11) is -3.48. The van der Waals surface area contributed by atoms with Crippen LogP contribution in [0.1, 0.15) is 14.5 Å². The molecule has 0 radical (unpaired) electrons. The minimum absolute atomic E-state index is 0.0472. The Labute approximate surface area is 170 Å². The van der Waals surface area contributed by atoms with Crippen molar-refractivity contribution >= 4 is 50.2 Å². The number of anilines is 2. The smallest absolute Gasteiger partial charge is 0.265 e. The van der Waals surface area contributed by atoms with Gasteiger partial charge in [0, 0.05) is 21.2 Å². The highest BCUT2D eigenvalue weighted by molar-refractivity contribution is 7.92. The van der Waals surface area contributed by atoms with Crippen molar-refractivity contribution in [3.8, 4) is 17.1 Å². The standard InChI is InChI=1S/C17H15ClN4O4S2/c1-9-14(16-19-7-13(23)8-20-16)6-15(27-9)17(24)21-11-3-10(18)4-12(5-11)22-28(2,25)26/h3-8,22-23H,1-2H3,(H,21,24). The molecule has 0 aliphatic rings. The quantitative estimate of drug-likeness (QED) is 0.560. The summed E-state index contributed by atoms with van der Waals surface area (Å²) in [5.74, 6) is -0.0345. The van der Waals surface area contributed by atoms with Crippen molar-refractivity contribution in [3.05, 3.63) is 51.4 Å². The first-order valence-electron chi connectivity index (χ1n) is 7.82. The Morgan fingerprint density at radius 1 is 1.14 bits per heavy atom. The monoisotopic (exact) mass is 438 g/mol. The van der Waals surface area contributed by atoms with Gasteiger partial charge in [0.25, 0.3) is 5.91 Å². The number of rotatable bonds is 5. The van der Waals surface area contributed by atoms with Crippen molar-refractivity contribution in [1.29, 1.82) is 0 Å². The van der Waals surface area contributed by atoms with Crippen LogP contribution < -0.4 is 10.0 Å². The van der Waals surface area contributed by atoms with Crippen molar-refractivity contribution in [3.63, 3.8) is 0 Å². The maximum atomic E-state index is 12.6. The van der Waals surface area contributed by atoms with E-state index in [9.17, 15) is 18.3 Å². The maximum absolute atomic E-state index is 12.6. The summed E-state index contributed by atoms with van der Waals surface area (Å²) >= 11 is 7.27. The number of nitrogens with zero attached hydrogens (tertiary/aromatic N) is 2. The Bertz CT molecular complexity index is 1140. The lowest BCUT2D eigenvalue weighted by molar-refractivity contribution is 0.103. The lowest BCUT2D eigenvalue weighted by Gasteiger charge is -2.09. The van der Waals surface area contributed by atoms with E-state index in [1.54, 1.807) is 6.07 Å². The van der Waals surface area contributed by atoms with Gasteiger partial charge in [-0.05, 0) is 31.2 Å². The van der Waals surface area contributed by atoms with Gasteiger partial charge in [0.2, 0.25) is 10.0 Å². The van der Waals surface area contributed by atoms with Crippen LogP contribution in [0.4, 0.5) is 11.4 Å². The van der Waals surface area contributed by atoms with Crippen molar-refractivity contribution in [2.75, 3.05) is 16.3 Å². The van der Waals surface area contributed by atoms with E-state index >= 15 is 0 Å². The van der Waals surface area contributed by atoms with Gasteiger partial charge in [0.15, 0.2) is 11.6 Å². The number of amides is 1. The van der Waals surface area contributed by atoms with Crippen LogP contribution in [-0.4, -0.2) is 35.7 Å². The fraction of sp³-hybridized carbons (Fsp3) is 0.118. The summed E-state index contributed by atoms with van der Waals surface area (Å²) in [6.07, 6.45) is 3.58. The molecule has 1 aromatic carbocycles. The number of sulfonamides is 1. The minimum atomic E-state index is -3.48. The number of carbonyl (C=O) groups is 1. The molecule has 3 aromatic rings. The highest BCUT2D eigenvalue weighted by Crippen LogP contribution is 2.30. The summed E-state index contributed by atoms with van der Waals surface area (Å²) < 4.78 is 25.1. The molecule has 0 spiro atoms. The summed E-state index contributed by atoms with van der Waals surface area (Å²) in [4.78, 5) is 22.0. The zero-order chi connectivity index (χ0) is 20.5. The van der Waals surface area contributed by atoms with E-state index in [-0.39, 0.29) is 22.4 Å². The lowest BCUT2D eigenvalue weighted by atomic mass is 10.2. The molecular formula is C17H15ClN4O4S2. The number of carbonyl (C=O) groups excluding carboxylic acids is 1. The molecule has 3 rings (SSSR count). The van der Waals surface area contributed by atoms with Crippen LogP contribution in [0.5, 0.6) is 5.75 Å². The third kappa shape index (κ3) is 4.97. The molecule has 0 fully saturated rings. The van der Waals surface area contributed by atoms with Crippen LogP contribution in [0.15, 0.2) is 36.7 Å². The number of aromatic nitrogens is 2. The molecular weight excluding hydrogens is 424 g/mol. The molecule has 2 heterocycles. The van der Waals surface area contributed by atoms with E-state index in [1.807, 2.05) is 6.92 Å². The number of thiophene rings is 1. The fourth-order valence-corrected chi connectivity index (χ4v) is 4.10. The lowest BCUT2D eigenvalue weighted by Crippen LogP contribution is -2.12. The zero-order valence-corrected chi connectivity index (χ0v) is 17.1. The molecule has 11 heteroatoms. The van der Waals surface area contributed by atoms with Gasteiger partial charge in [-0.3, -0.25) is 9.52 Å². The summed E-state index contributed by atoms with van der Waals surface area (Å²) in [6, 6.07) is 6.07.